The Bertz CT molecular complexity index is 261. The number of aliphatic imine (C=N–C) groups is 1. The molecular formula is C12H25F3IN3O. The van der Waals surface area contributed by atoms with E-state index in [0.29, 0.717) is 25.7 Å². The lowest BCUT2D eigenvalue weighted by molar-refractivity contribution is -0.132. The fourth-order valence-electron chi connectivity index (χ4n) is 1.24. The molecule has 0 radical (unpaired) electrons. The average molecular weight is 411 g/mol. The maximum absolute atomic E-state index is 12.0. The monoisotopic (exact) mass is 411 g/mol. The van der Waals surface area contributed by atoms with Crippen molar-refractivity contribution in [3.63, 3.8) is 0 Å². The minimum absolute atomic E-state index is 0. The molecule has 0 spiro atoms. The minimum atomic E-state index is -4.14. The largest absolute Gasteiger partial charge is 0.390 e. The first kappa shape index (κ1) is 22.0. The summed E-state index contributed by atoms with van der Waals surface area (Å²) in [5.74, 6) is 0.413. The van der Waals surface area contributed by atoms with Gasteiger partial charge < -0.3 is 15.4 Å². The van der Waals surface area contributed by atoms with Crippen LogP contribution in [0.2, 0.25) is 0 Å². The molecule has 0 heterocycles. The topological polar surface area (TPSA) is 45.7 Å². The Morgan fingerprint density at radius 3 is 2.40 bits per heavy atom. The predicted octanol–water partition coefficient (Wildman–Crippen LogP) is 2.93. The molecule has 8 heteroatoms. The number of alkyl halides is 3. The number of hydrogen-bond acceptors (Lipinski definition) is 2. The number of hydrogen-bond donors (Lipinski definition) is 2. The van der Waals surface area contributed by atoms with Crippen LogP contribution in [0.1, 0.15) is 33.6 Å². The summed E-state index contributed by atoms with van der Waals surface area (Å²) in [5.41, 5.74) is 0. The van der Waals surface area contributed by atoms with Gasteiger partial charge in [-0.15, -0.1) is 24.0 Å². The van der Waals surface area contributed by atoms with Crippen molar-refractivity contribution in [2.45, 2.75) is 45.9 Å². The maximum atomic E-state index is 12.0. The Labute approximate surface area is 136 Å². The van der Waals surface area contributed by atoms with E-state index in [4.69, 9.17) is 4.74 Å². The van der Waals surface area contributed by atoms with Crippen molar-refractivity contribution >= 4 is 29.9 Å². The van der Waals surface area contributed by atoms with Gasteiger partial charge in [0.05, 0.1) is 12.5 Å². The van der Waals surface area contributed by atoms with E-state index in [1.807, 2.05) is 20.8 Å². The lowest BCUT2D eigenvalue weighted by Gasteiger charge is -2.12. The fraction of sp³-hybridized carbons (Fsp3) is 0.917. The second-order valence-electron chi connectivity index (χ2n) is 4.33. The van der Waals surface area contributed by atoms with Crippen LogP contribution in [-0.2, 0) is 4.74 Å². The Morgan fingerprint density at radius 1 is 1.25 bits per heavy atom. The lowest BCUT2D eigenvalue weighted by atomic mass is 10.4. The number of nitrogens with zero attached hydrogens (tertiary/aromatic N) is 1. The molecule has 0 unspecified atom stereocenters. The van der Waals surface area contributed by atoms with Crippen molar-refractivity contribution in [2.75, 3.05) is 26.2 Å². The Kier molecular flexibility index (Phi) is 13.8. The van der Waals surface area contributed by atoms with E-state index in [2.05, 4.69) is 15.6 Å². The first-order chi connectivity index (χ1) is 8.85. The zero-order chi connectivity index (χ0) is 14.7. The molecule has 20 heavy (non-hydrogen) atoms. The Balaban J connectivity index is 0. The number of ether oxygens (including phenoxy) is 1. The highest BCUT2D eigenvalue weighted by molar-refractivity contribution is 14.0. The molecule has 0 aliphatic carbocycles. The van der Waals surface area contributed by atoms with Gasteiger partial charge in [0.1, 0.15) is 0 Å². The lowest BCUT2D eigenvalue weighted by Crippen LogP contribution is -2.39. The zero-order valence-electron chi connectivity index (χ0n) is 12.2. The van der Waals surface area contributed by atoms with Gasteiger partial charge >= 0.3 is 6.18 Å². The van der Waals surface area contributed by atoms with Gasteiger partial charge in [0.25, 0.3) is 0 Å². The van der Waals surface area contributed by atoms with Crippen LogP contribution in [0.4, 0.5) is 13.2 Å². The van der Waals surface area contributed by atoms with E-state index < -0.39 is 12.6 Å². The third-order valence-corrected chi connectivity index (χ3v) is 2.07. The molecule has 0 bridgehead atoms. The molecular weight excluding hydrogens is 386 g/mol. The van der Waals surface area contributed by atoms with Crippen LogP contribution in [0.3, 0.4) is 0 Å². The highest BCUT2D eigenvalue weighted by Gasteiger charge is 2.26. The molecule has 2 N–H and O–H groups in total. The summed E-state index contributed by atoms with van der Waals surface area (Å²) in [6.45, 7) is 7.33. The predicted molar refractivity (Wildman–Crippen MR) is 85.8 cm³/mol. The molecule has 4 nitrogen and oxygen atoms in total. The number of rotatable bonds is 8. The van der Waals surface area contributed by atoms with Crippen LogP contribution in [0.25, 0.3) is 0 Å². The van der Waals surface area contributed by atoms with E-state index in [1.54, 1.807) is 0 Å². The molecule has 0 aromatic carbocycles. The van der Waals surface area contributed by atoms with Crippen LogP contribution in [0, 0.1) is 0 Å². The van der Waals surface area contributed by atoms with Crippen molar-refractivity contribution in [2.24, 2.45) is 4.99 Å². The Hall–Kier alpha value is -0.250. The third kappa shape index (κ3) is 15.8. The standard InChI is InChI=1S/C12H24F3N3O.HI/c1-4-16-11(18-8-6-12(13,14)15)17-7-5-9-19-10(2)3;/h10H,4-9H2,1-3H3,(H2,16,17,18);1H. The minimum Gasteiger partial charge on any atom is -0.379 e. The molecule has 0 aromatic rings. The van der Waals surface area contributed by atoms with Gasteiger partial charge in [-0.25, -0.2) is 0 Å². The summed E-state index contributed by atoms with van der Waals surface area (Å²) < 4.78 is 41.4. The van der Waals surface area contributed by atoms with Gasteiger partial charge in [0.15, 0.2) is 5.96 Å². The fourth-order valence-corrected chi connectivity index (χ4v) is 1.24. The number of halogens is 4. The smallest absolute Gasteiger partial charge is 0.379 e. The molecule has 0 amide bonds. The van der Waals surface area contributed by atoms with Crippen molar-refractivity contribution in [1.82, 2.24) is 10.6 Å². The van der Waals surface area contributed by atoms with Gasteiger partial charge in [0.2, 0.25) is 0 Å². The summed E-state index contributed by atoms with van der Waals surface area (Å²) in [5, 5.41) is 5.55. The van der Waals surface area contributed by atoms with E-state index in [1.165, 1.54) is 0 Å². The molecule has 0 aliphatic heterocycles. The molecule has 0 rings (SSSR count). The zero-order valence-corrected chi connectivity index (χ0v) is 14.5. The van der Waals surface area contributed by atoms with E-state index in [0.717, 1.165) is 6.42 Å². The second kappa shape index (κ2) is 12.5. The number of guanidine groups is 1. The van der Waals surface area contributed by atoms with Crippen LogP contribution < -0.4 is 10.6 Å². The summed E-state index contributed by atoms with van der Waals surface area (Å²) in [4.78, 5) is 4.18. The van der Waals surface area contributed by atoms with Gasteiger partial charge in [-0.3, -0.25) is 4.99 Å². The molecule has 0 atom stereocenters. The SMILES string of the molecule is CCNC(=NCCCOC(C)C)NCCC(F)(F)F.I. The van der Waals surface area contributed by atoms with Crippen LogP contribution in [-0.4, -0.2) is 44.5 Å². The normalized spacial score (nSPS) is 12.2. The number of nitrogens with one attached hydrogen (secondary N) is 2. The molecule has 0 aliphatic rings. The molecule has 0 fully saturated rings. The highest BCUT2D eigenvalue weighted by atomic mass is 127. The van der Waals surface area contributed by atoms with Gasteiger partial charge in [-0.2, -0.15) is 13.2 Å². The maximum Gasteiger partial charge on any atom is 0.390 e. The van der Waals surface area contributed by atoms with Crippen molar-refractivity contribution in [3.8, 4) is 0 Å². The van der Waals surface area contributed by atoms with E-state index >= 15 is 0 Å². The third-order valence-electron chi connectivity index (χ3n) is 2.07. The Morgan fingerprint density at radius 2 is 1.90 bits per heavy atom. The molecule has 0 saturated carbocycles. The quantitative estimate of drug-likeness (QED) is 0.280. The van der Waals surface area contributed by atoms with Gasteiger partial charge in [0, 0.05) is 26.2 Å². The summed E-state index contributed by atoms with van der Waals surface area (Å²) >= 11 is 0. The van der Waals surface area contributed by atoms with Crippen LogP contribution >= 0.6 is 24.0 Å². The second-order valence-corrected chi connectivity index (χ2v) is 4.33. The van der Waals surface area contributed by atoms with Crippen molar-refractivity contribution < 1.29 is 17.9 Å². The first-order valence-corrected chi connectivity index (χ1v) is 6.55. The molecule has 0 saturated heterocycles. The van der Waals surface area contributed by atoms with Crippen molar-refractivity contribution in [1.29, 1.82) is 0 Å². The van der Waals surface area contributed by atoms with Gasteiger partial charge in [-0.1, -0.05) is 0 Å². The molecule has 0 aromatic heterocycles. The molecule has 122 valence electrons. The van der Waals surface area contributed by atoms with E-state index in [-0.39, 0.29) is 36.6 Å². The van der Waals surface area contributed by atoms with Crippen LogP contribution in [0.15, 0.2) is 4.99 Å². The van der Waals surface area contributed by atoms with E-state index in [9.17, 15) is 13.2 Å². The highest BCUT2D eigenvalue weighted by Crippen LogP contribution is 2.17. The first-order valence-electron chi connectivity index (χ1n) is 6.55. The summed E-state index contributed by atoms with van der Waals surface area (Å²) in [6, 6.07) is 0. The van der Waals surface area contributed by atoms with Crippen LogP contribution in [0.5, 0.6) is 0 Å². The van der Waals surface area contributed by atoms with Crippen molar-refractivity contribution in [3.05, 3.63) is 0 Å². The summed E-state index contributed by atoms with van der Waals surface area (Å²) in [7, 11) is 0. The van der Waals surface area contributed by atoms with Gasteiger partial charge in [-0.05, 0) is 27.2 Å². The summed E-state index contributed by atoms with van der Waals surface area (Å²) in [6.07, 6.45) is -4.08. The average Bonchev–Trinajstić information content (AvgIpc) is 2.26.